The third-order valence-electron chi connectivity index (χ3n) is 5.41. The van der Waals surface area contributed by atoms with Gasteiger partial charge < -0.3 is 9.42 Å². The molecule has 0 radical (unpaired) electrons. The average Bonchev–Trinajstić information content (AvgIpc) is 2.85. The van der Waals surface area contributed by atoms with Gasteiger partial charge in [-0.15, -0.1) is 6.58 Å². The molecule has 0 aromatic heterocycles. The van der Waals surface area contributed by atoms with E-state index < -0.39 is 6.72 Å². The van der Waals surface area contributed by atoms with Gasteiger partial charge in [0.1, 0.15) is 0 Å². The minimum atomic E-state index is -3.19. The van der Waals surface area contributed by atoms with E-state index in [1.165, 1.54) is 49.9 Å². The molecule has 1 aromatic rings. The zero-order chi connectivity index (χ0) is 25.1. The first-order chi connectivity index (χ1) is 16.6. The van der Waals surface area contributed by atoms with E-state index in [1.54, 1.807) is 0 Å². The fraction of sp³-hybridized carbons (Fsp3) is 0.667. The van der Waals surface area contributed by atoms with Crippen LogP contribution in [-0.4, -0.2) is 47.5 Å². The monoisotopic (exact) mass is 509 g/mol. The molecule has 1 aromatic carbocycles. The fourth-order valence-corrected chi connectivity index (χ4v) is 8.06. The molecule has 0 bridgehead atoms. The summed E-state index contributed by atoms with van der Waals surface area (Å²) in [6, 6.07) is 9.99. The van der Waals surface area contributed by atoms with Crippen molar-refractivity contribution in [2.75, 3.05) is 32.0 Å². The second-order valence-corrected chi connectivity index (χ2v) is 12.9. The summed E-state index contributed by atoms with van der Waals surface area (Å²) in [4.78, 5) is 7.43. The Balaban J connectivity index is 3.45. The third kappa shape index (κ3) is 11.5. The second-order valence-electron chi connectivity index (χ2n) is 8.45. The highest BCUT2D eigenvalue weighted by molar-refractivity contribution is 8.56. The van der Waals surface area contributed by atoms with Gasteiger partial charge in [-0.1, -0.05) is 83.6 Å². The zero-order valence-corrected chi connectivity index (χ0v) is 23.8. The molecule has 34 heavy (non-hydrogen) atoms. The molecular weight excluding hydrogens is 461 g/mol. The minimum absolute atomic E-state index is 0.396. The molecule has 0 fully saturated rings. The Hall–Kier alpha value is -1.23. The van der Waals surface area contributed by atoms with E-state index >= 15 is 0 Å². The van der Waals surface area contributed by atoms with Crippen LogP contribution < -0.4 is 0 Å². The molecule has 0 aliphatic heterocycles. The lowest BCUT2D eigenvalue weighted by Gasteiger charge is -2.37. The van der Waals surface area contributed by atoms with Crippen molar-refractivity contribution in [2.24, 2.45) is 4.99 Å². The largest absolute Gasteiger partial charge is 0.356 e. The molecule has 7 heteroatoms. The molecule has 0 saturated carbocycles. The Morgan fingerprint density at radius 1 is 0.971 bits per heavy atom. The smallest absolute Gasteiger partial charge is 0.342 e. The SMILES string of the molecule is C=CCN(C(=Nc1ccccc1)N(CCCCCC)CCCCCC)P(=O)(OCC)SCCC. The topological polar surface area (TPSA) is 45.1 Å². The van der Waals surface area contributed by atoms with Gasteiger partial charge >= 0.3 is 6.72 Å². The van der Waals surface area contributed by atoms with Crippen molar-refractivity contribution < 1.29 is 9.09 Å². The van der Waals surface area contributed by atoms with Gasteiger partial charge in [-0.3, -0.25) is 9.24 Å². The number of aliphatic imine (C=N–C) groups is 1. The summed E-state index contributed by atoms with van der Waals surface area (Å²) in [5, 5.41) is 0. The maximum atomic E-state index is 14.3. The molecule has 1 unspecified atom stereocenters. The number of hydrogen-bond acceptors (Lipinski definition) is 4. The standard InChI is InChI=1S/C27H48N3O2PS/c1-6-11-13-18-23-29(24-19-14-12-7-2)27(28-26-20-16-15-17-21-26)30(22-8-3)33(31,32-10-5)34-25-9-4/h8,15-17,20-21H,3,6-7,9-14,18-19,22-25H2,1-2,4-5H3. The third-order valence-corrected chi connectivity index (χ3v) is 10.3. The number of hydrogen-bond donors (Lipinski definition) is 0. The Morgan fingerprint density at radius 2 is 1.59 bits per heavy atom. The van der Waals surface area contributed by atoms with Crippen LogP contribution >= 0.6 is 18.1 Å². The van der Waals surface area contributed by atoms with Gasteiger partial charge in [0.05, 0.1) is 12.3 Å². The molecule has 1 atom stereocenters. The summed E-state index contributed by atoms with van der Waals surface area (Å²) < 4.78 is 22.2. The Labute approximate surface area is 213 Å². The van der Waals surface area contributed by atoms with Crippen LogP contribution in [-0.2, 0) is 9.09 Å². The van der Waals surface area contributed by atoms with Crippen molar-refractivity contribution >= 4 is 29.8 Å². The van der Waals surface area contributed by atoms with Gasteiger partial charge in [-0.05, 0) is 49.7 Å². The second kappa shape index (κ2) is 19.0. The quantitative estimate of drug-likeness (QED) is 0.0612. The molecule has 0 aliphatic carbocycles. The molecule has 1 rings (SSSR count). The normalized spacial score (nSPS) is 13.5. The maximum absolute atomic E-state index is 14.3. The highest BCUT2D eigenvalue weighted by atomic mass is 32.7. The number of para-hydroxylation sites is 1. The first kappa shape index (κ1) is 30.8. The number of unbranched alkanes of at least 4 members (excludes halogenated alkanes) is 6. The van der Waals surface area contributed by atoms with Gasteiger partial charge in [-0.25, -0.2) is 4.99 Å². The zero-order valence-electron chi connectivity index (χ0n) is 22.1. The van der Waals surface area contributed by atoms with E-state index in [2.05, 4.69) is 32.3 Å². The van der Waals surface area contributed by atoms with E-state index in [-0.39, 0.29) is 0 Å². The summed E-state index contributed by atoms with van der Waals surface area (Å²) in [5.41, 5.74) is 0.863. The van der Waals surface area contributed by atoms with E-state index in [9.17, 15) is 4.57 Å². The Morgan fingerprint density at radius 3 is 2.09 bits per heavy atom. The van der Waals surface area contributed by atoms with E-state index in [0.29, 0.717) is 13.2 Å². The van der Waals surface area contributed by atoms with Gasteiger partial charge in [0, 0.05) is 25.4 Å². The lowest BCUT2D eigenvalue weighted by Crippen LogP contribution is -2.44. The van der Waals surface area contributed by atoms with Crippen LogP contribution in [0.3, 0.4) is 0 Å². The molecule has 0 N–H and O–H groups in total. The summed E-state index contributed by atoms with van der Waals surface area (Å²) in [6.45, 7) is 11.9. The minimum Gasteiger partial charge on any atom is -0.342 e. The molecule has 0 saturated heterocycles. The number of benzene rings is 1. The molecule has 0 spiro atoms. The van der Waals surface area contributed by atoms with E-state index in [4.69, 9.17) is 9.52 Å². The van der Waals surface area contributed by atoms with Crippen molar-refractivity contribution in [1.29, 1.82) is 0 Å². The van der Waals surface area contributed by atoms with E-state index in [1.807, 2.05) is 48.0 Å². The maximum Gasteiger partial charge on any atom is 0.356 e. The molecule has 0 heterocycles. The Bertz CT molecular complexity index is 718. The predicted molar refractivity (Wildman–Crippen MR) is 152 cm³/mol. The fourth-order valence-electron chi connectivity index (χ4n) is 3.64. The van der Waals surface area contributed by atoms with E-state index in [0.717, 1.165) is 49.8 Å². The Kier molecular flexibility index (Phi) is 17.2. The molecule has 0 amide bonds. The predicted octanol–water partition coefficient (Wildman–Crippen LogP) is 8.91. The van der Waals surface area contributed by atoms with Crippen LogP contribution in [0.25, 0.3) is 0 Å². The first-order valence-corrected chi connectivity index (χ1v) is 16.4. The lowest BCUT2D eigenvalue weighted by atomic mass is 10.1. The number of nitrogens with zero attached hydrogens (tertiary/aromatic N) is 3. The highest BCUT2D eigenvalue weighted by Gasteiger charge is 2.36. The molecule has 194 valence electrons. The highest BCUT2D eigenvalue weighted by Crippen LogP contribution is 2.63. The van der Waals surface area contributed by atoms with Crippen LogP contribution in [0, 0.1) is 0 Å². The molecule has 0 aliphatic rings. The van der Waals surface area contributed by atoms with Crippen LogP contribution in [0.2, 0.25) is 0 Å². The average molecular weight is 510 g/mol. The van der Waals surface area contributed by atoms with Gasteiger partial charge in [0.25, 0.3) is 0 Å². The summed E-state index contributed by atoms with van der Waals surface area (Å²) >= 11 is 1.42. The van der Waals surface area contributed by atoms with Crippen LogP contribution in [0.4, 0.5) is 5.69 Å². The van der Waals surface area contributed by atoms with Crippen LogP contribution in [0.15, 0.2) is 48.0 Å². The number of rotatable bonds is 19. The van der Waals surface area contributed by atoms with Crippen molar-refractivity contribution in [3.8, 4) is 0 Å². The first-order valence-electron chi connectivity index (χ1n) is 13.2. The number of guanidine groups is 1. The van der Waals surface area contributed by atoms with Crippen molar-refractivity contribution in [3.63, 3.8) is 0 Å². The molecular formula is C27H48N3O2PS. The summed E-state index contributed by atoms with van der Waals surface area (Å²) in [7, 11) is 0. The summed E-state index contributed by atoms with van der Waals surface area (Å²) in [5.74, 6) is 1.52. The van der Waals surface area contributed by atoms with Gasteiger partial charge in [0.15, 0.2) is 0 Å². The van der Waals surface area contributed by atoms with Crippen molar-refractivity contribution in [3.05, 3.63) is 43.0 Å². The van der Waals surface area contributed by atoms with Crippen molar-refractivity contribution in [2.45, 2.75) is 85.5 Å². The molecule has 5 nitrogen and oxygen atoms in total. The van der Waals surface area contributed by atoms with Crippen molar-refractivity contribution in [1.82, 2.24) is 9.57 Å². The van der Waals surface area contributed by atoms with Gasteiger partial charge in [0.2, 0.25) is 5.96 Å². The van der Waals surface area contributed by atoms with Crippen LogP contribution in [0.1, 0.15) is 85.5 Å². The summed E-state index contributed by atoms with van der Waals surface area (Å²) in [6.07, 6.45) is 12.2. The van der Waals surface area contributed by atoms with Crippen LogP contribution in [0.5, 0.6) is 0 Å². The van der Waals surface area contributed by atoms with Gasteiger partial charge in [-0.2, -0.15) is 0 Å². The lowest BCUT2D eigenvalue weighted by molar-refractivity contribution is 0.302.